The van der Waals surface area contributed by atoms with Gasteiger partial charge in [0.05, 0.1) is 5.56 Å². The Kier molecular flexibility index (Phi) is 5.73. The minimum absolute atomic E-state index is 0.0148. The maximum atomic E-state index is 12.2. The van der Waals surface area contributed by atoms with Gasteiger partial charge in [0.25, 0.3) is 0 Å². The van der Waals surface area contributed by atoms with Gasteiger partial charge in [-0.2, -0.15) is 8.78 Å². The number of hydrogen-bond donors (Lipinski definition) is 0. The van der Waals surface area contributed by atoms with E-state index >= 15 is 0 Å². The highest BCUT2D eigenvalue weighted by atomic mass is 79.9. The molecule has 0 aromatic heterocycles. The Bertz CT molecular complexity index is 476. The van der Waals surface area contributed by atoms with Crippen molar-refractivity contribution in [2.45, 2.75) is 19.4 Å². The van der Waals surface area contributed by atoms with Crippen molar-refractivity contribution >= 4 is 21.7 Å². The highest BCUT2D eigenvalue weighted by Crippen LogP contribution is 2.30. The number of hydrogen-bond acceptors (Lipinski definition) is 3. The molecule has 0 radical (unpaired) electrons. The summed E-state index contributed by atoms with van der Waals surface area (Å²) in [7, 11) is 0. The van der Waals surface area contributed by atoms with E-state index in [1.807, 2.05) is 0 Å². The molecule has 0 saturated heterocycles. The van der Waals surface area contributed by atoms with E-state index in [4.69, 9.17) is 0 Å². The molecule has 0 N–H and O–H groups in total. The van der Waals surface area contributed by atoms with E-state index in [0.29, 0.717) is 6.07 Å². The van der Waals surface area contributed by atoms with E-state index < -0.39 is 30.3 Å². The Morgan fingerprint density at radius 1 is 1.30 bits per heavy atom. The fraction of sp³-hybridized carbons (Fsp3) is 0.364. The number of rotatable bonds is 6. The Balaban J connectivity index is 3.09. The van der Waals surface area contributed by atoms with Crippen molar-refractivity contribution in [2.24, 2.45) is 0 Å². The third kappa shape index (κ3) is 5.32. The third-order valence-electron chi connectivity index (χ3n) is 2.02. The fourth-order valence-corrected chi connectivity index (χ4v) is 1.70. The molecule has 0 amide bonds. The summed E-state index contributed by atoms with van der Waals surface area (Å²) in [6, 6.07) is 2.40. The molecule has 0 aliphatic rings. The monoisotopic (exact) mass is 362 g/mol. The summed E-state index contributed by atoms with van der Waals surface area (Å²) in [5, 5.41) is 0.279. The normalized spacial score (nSPS) is 11.6. The lowest BCUT2D eigenvalue weighted by molar-refractivity contribution is -0.274. The summed E-state index contributed by atoms with van der Waals surface area (Å²) in [5.74, 6) is -1.95. The predicted octanol–water partition coefficient (Wildman–Crippen LogP) is 4.15. The summed E-state index contributed by atoms with van der Waals surface area (Å²) >= 11 is 2.99. The Hall–Kier alpha value is -1.38. The van der Waals surface area contributed by atoms with Crippen molar-refractivity contribution in [1.29, 1.82) is 0 Å². The van der Waals surface area contributed by atoms with Gasteiger partial charge in [0.15, 0.2) is 5.78 Å². The van der Waals surface area contributed by atoms with Crippen molar-refractivity contribution in [3.63, 3.8) is 0 Å². The van der Waals surface area contributed by atoms with Gasteiger partial charge in [0.2, 0.25) is 0 Å². The van der Waals surface area contributed by atoms with Gasteiger partial charge in [-0.15, -0.1) is 13.2 Å². The van der Waals surface area contributed by atoms with Crippen LogP contribution in [0.3, 0.4) is 0 Å². The molecule has 0 saturated carbocycles. The third-order valence-corrected chi connectivity index (χ3v) is 2.42. The molecule has 0 aliphatic carbocycles. The smallest absolute Gasteiger partial charge is 0.434 e. The number of benzene rings is 1. The highest BCUT2D eigenvalue weighted by molar-refractivity contribution is 9.09. The van der Waals surface area contributed by atoms with Gasteiger partial charge in [-0.1, -0.05) is 15.9 Å². The molecule has 1 rings (SSSR count). The van der Waals surface area contributed by atoms with Crippen molar-refractivity contribution in [1.82, 2.24) is 0 Å². The largest absolute Gasteiger partial charge is 0.573 e. The molecule has 0 heterocycles. The first-order valence-corrected chi connectivity index (χ1v) is 6.29. The van der Waals surface area contributed by atoms with Crippen LogP contribution in [-0.2, 0) is 0 Å². The summed E-state index contributed by atoms with van der Waals surface area (Å²) in [5.41, 5.74) is -0.237. The van der Waals surface area contributed by atoms with Crippen LogP contribution in [0.4, 0.5) is 22.0 Å². The van der Waals surface area contributed by atoms with Gasteiger partial charge in [-0.05, 0) is 12.1 Å². The molecule has 0 aliphatic heterocycles. The van der Waals surface area contributed by atoms with Crippen molar-refractivity contribution in [3.05, 3.63) is 23.8 Å². The highest BCUT2D eigenvalue weighted by Gasteiger charge is 2.31. The fourth-order valence-electron chi connectivity index (χ4n) is 1.34. The van der Waals surface area contributed by atoms with Crippen LogP contribution in [0.15, 0.2) is 18.2 Å². The van der Waals surface area contributed by atoms with Gasteiger partial charge in [-0.25, -0.2) is 0 Å². The molecule has 112 valence electrons. The number of alkyl halides is 6. The summed E-state index contributed by atoms with van der Waals surface area (Å²) < 4.78 is 68.1. The minimum atomic E-state index is -4.97. The standard InChI is InChI=1S/C11H8BrF5O3/c12-4-3-8(18)7-2-1-6(20-11(15,16)17)5-9(7)19-10(13)14/h1-2,5,10H,3-4H2. The molecule has 0 unspecified atom stereocenters. The van der Waals surface area contributed by atoms with Crippen LogP contribution in [0.2, 0.25) is 0 Å². The van der Waals surface area contributed by atoms with Crippen LogP contribution in [0, 0.1) is 0 Å². The van der Waals surface area contributed by atoms with E-state index in [-0.39, 0.29) is 17.3 Å². The first-order chi connectivity index (χ1) is 9.23. The number of carbonyl (C=O) groups excluding carboxylic acids is 1. The molecule has 0 spiro atoms. The number of halogens is 6. The van der Waals surface area contributed by atoms with Gasteiger partial charge in [0, 0.05) is 17.8 Å². The number of carbonyl (C=O) groups is 1. The van der Waals surface area contributed by atoms with Crippen molar-refractivity contribution in [3.8, 4) is 11.5 Å². The molecule has 3 nitrogen and oxygen atoms in total. The quantitative estimate of drug-likeness (QED) is 0.433. The minimum Gasteiger partial charge on any atom is -0.434 e. The van der Waals surface area contributed by atoms with Gasteiger partial charge >= 0.3 is 13.0 Å². The Morgan fingerprint density at radius 3 is 2.45 bits per heavy atom. The van der Waals surface area contributed by atoms with Crippen molar-refractivity contribution < 1.29 is 36.2 Å². The second-order valence-electron chi connectivity index (χ2n) is 3.45. The van der Waals surface area contributed by atoms with Gasteiger partial charge in [-0.3, -0.25) is 4.79 Å². The zero-order chi connectivity index (χ0) is 15.3. The zero-order valence-corrected chi connectivity index (χ0v) is 11.3. The maximum absolute atomic E-state index is 12.2. The van der Waals surface area contributed by atoms with E-state index in [9.17, 15) is 26.7 Å². The molecule has 1 aromatic rings. The molecule has 20 heavy (non-hydrogen) atoms. The van der Waals surface area contributed by atoms with E-state index in [1.165, 1.54) is 0 Å². The molecule has 0 bridgehead atoms. The molecule has 9 heteroatoms. The average molecular weight is 363 g/mol. The lowest BCUT2D eigenvalue weighted by Crippen LogP contribution is -2.17. The predicted molar refractivity (Wildman–Crippen MR) is 62.5 cm³/mol. The molecular formula is C11H8BrF5O3. The summed E-state index contributed by atoms with van der Waals surface area (Å²) in [6.45, 7) is -3.27. The summed E-state index contributed by atoms with van der Waals surface area (Å²) in [4.78, 5) is 11.6. The van der Waals surface area contributed by atoms with E-state index in [1.54, 1.807) is 0 Å². The van der Waals surface area contributed by atoms with Crippen LogP contribution >= 0.6 is 15.9 Å². The number of ketones is 1. The van der Waals surface area contributed by atoms with Crippen LogP contribution in [0.5, 0.6) is 11.5 Å². The molecule has 0 fully saturated rings. The Labute approximate surface area is 118 Å². The topological polar surface area (TPSA) is 35.5 Å². The molecule has 1 aromatic carbocycles. The lowest BCUT2D eigenvalue weighted by atomic mass is 10.1. The lowest BCUT2D eigenvalue weighted by Gasteiger charge is -2.13. The van der Waals surface area contributed by atoms with Gasteiger partial charge in [0.1, 0.15) is 11.5 Å². The second kappa shape index (κ2) is 6.87. The van der Waals surface area contributed by atoms with E-state index in [2.05, 4.69) is 25.4 Å². The SMILES string of the molecule is O=C(CCBr)c1ccc(OC(F)(F)F)cc1OC(F)F. The van der Waals surface area contributed by atoms with Crippen molar-refractivity contribution in [2.75, 3.05) is 5.33 Å². The maximum Gasteiger partial charge on any atom is 0.573 e. The van der Waals surface area contributed by atoms with Gasteiger partial charge < -0.3 is 9.47 Å². The second-order valence-corrected chi connectivity index (χ2v) is 4.24. The van der Waals surface area contributed by atoms with Crippen LogP contribution < -0.4 is 9.47 Å². The summed E-state index contributed by atoms with van der Waals surface area (Å²) in [6.07, 6.45) is -4.98. The number of ether oxygens (including phenoxy) is 2. The Morgan fingerprint density at radius 2 is 1.95 bits per heavy atom. The van der Waals surface area contributed by atoms with Crippen LogP contribution in [-0.4, -0.2) is 24.1 Å². The van der Waals surface area contributed by atoms with E-state index in [0.717, 1.165) is 12.1 Å². The van der Waals surface area contributed by atoms with Crippen LogP contribution in [0.1, 0.15) is 16.8 Å². The number of Topliss-reactive ketones (excluding diaryl/α,β-unsaturated/α-hetero) is 1. The first-order valence-electron chi connectivity index (χ1n) is 5.16. The molecular weight excluding hydrogens is 355 g/mol. The van der Waals surface area contributed by atoms with Crippen LogP contribution in [0.25, 0.3) is 0 Å². The molecule has 0 atom stereocenters. The zero-order valence-electron chi connectivity index (χ0n) is 9.72. The first kappa shape index (κ1) is 16.7. The average Bonchev–Trinajstić information content (AvgIpc) is 2.26.